The number of methoxy groups -OCH3 is 1. The number of carbonyl (C=O) groups excluding carboxylic acids is 1. The van der Waals surface area contributed by atoms with E-state index in [1.807, 2.05) is 9.80 Å². The van der Waals surface area contributed by atoms with Crippen LogP contribution in [-0.4, -0.2) is 66.7 Å². The molecule has 1 N–H and O–H groups in total. The highest BCUT2D eigenvalue weighted by molar-refractivity contribution is 5.85. The molecule has 2 aliphatic rings. The SMILES string of the molecule is COc1cnc(N2CCCC2C(=O)N2CCNCC2)nc1. The van der Waals surface area contributed by atoms with Crippen molar-refractivity contribution in [2.75, 3.05) is 44.7 Å². The van der Waals surface area contributed by atoms with Gasteiger partial charge in [0.15, 0.2) is 5.75 Å². The Labute approximate surface area is 124 Å². The molecule has 1 amide bonds. The molecule has 2 aliphatic heterocycles. The second-order valence-corrected chi connectivity index (χ2v) is 5.35. The molecular weight excluding hydrogens is 270 g/mol. The number of amides is 1. The highest BCUT2D eigenvalue weighted by Crippen LogP contribution is 2.24. The molecule has 0 aliphatic carbocycles. The van der Waals surface area contributed by atoms with Crippen LogP contribution < -0.4 is 15.0 Å². The number of hydrogen-bond donors (Lipinski definition) is 1. The molecule has 0 aromatic carbocycles. The average Bonchev–Trinajstić information content (AvgIpc) is 3.04. The second kappa shape index (κ2) is 6.26. The number of carbonyl (C=O) groups is 1. The second-order valence-electron chi connectivity index (χ2n) is 5.35. The van der Waals surface area contributed by atoms with Crippen LogP contribution in [0.1, 0.15) is 12.8 Å². The molecular formula is C14H21N5O2. The fraction of sp³-hybridized carbons (Fsp3) is 0.643. The molecule has 0 saturated carbocycles. The Kier molecular flexibility index (Phi) is 4.19. The zero-order valence-electron chi connectivity index (χ0n) is 12.3. The van der Waals surface area contributed by atoms with Crippen LogP contribution in [0.3, 0.4) is 0 Å². The lowest BCUT2D eigenvalue weighted by atomic mass is 10.2. The molecule has 1 unspecified atom stereocenters. The maximum absolute atomic E-state index is 12.7. The van der Waals surface area contributed by atoms with Crippen molar-refractivity contribution >= 4 is 11.9 Å². The fourth-order valence-electron chi connectivity index (χ4n) is 2.92. The molecule has 0 radical (unpaired) electrons. The molecule has 114 valence electrons. The number of rotatable bonds is 3. The molecule has 0 bridgehead atoms. The summed E-state index contributed by atoms with van der Waals surface area (Å²) in [4.78, 5) is 25.3. The van der Waals surface area contributed by atoms with Crippen LogP contribution in [-0.2, 0) is 4.79 Å². The Hall–Kier alpha value is -1.89. The standard InChI is InChI=1S/C14H21N5O2/c1-21-11-9-16-14(17-10-11)19-6-2-3-12(19)13(20)18-7-4-15-5-8-18/h9-10,12,15H,2-8H2,1H3. The lowest BCUT2D eigenvalue weighted by Gasteiger charge is -2.32. The van der Waals surface area contributed by atoms with E-state index in [0.29, 0.717) is 11.7 Å². The molecule has 7 nitrogen and oxygen atoms in total. The third-order valence-corrected chi connectivity index (χ3v) is 4.07. The minimum Gasteiger partial charge on any atom is -0.494 e. The van der Waals surface area contributed by atoms with Crippen molar-refractivity contribution in [3.63, 3.8) is 0 Å². The molecule has 21 heavy (non-hydrogen) atoms. The maximum Gasteiger partial charge on any atom is 0.245 e. The quantitative estimate of drug-likeness (QED) is 0.837. The third kappa shape index (κ3) is 2.92. The van der Waals surface area contributed by atoms with Crippen LogP contribution in [0.2, 0.25) is 0 Å². The van der Waals surface area contributed by atoms with Gasteiger partial charge in [0.2, 0.25) is 11.9 Å². The number of aromatic nitrogens is 2. The van der Waals surface area contributed by atoms with Crippen LogP contribution in [0.15, 0.2) is 12.4 Å². The molecule has 0 spiro atoms. The fourth-order valence-corrected chi connectivity index (χ4v) is 2.92. The van der Waals surface area contributed by atoms with Crippen molar-refractivity contribution in [1.29, 1.82) is 0 Å². The molecule has 3 rings (SSSR count). The Morgan fingerprint density at radius 1 is 1.29 bits per heavy atom. The van der Waals surface area contributed by atoms with Gasteiger partial charge in [-0.15, -0.1) is 0 Å². The zero-order chi connectivity index (χ0) is 14.7. The molecule has 1 atom stereocenters. The predicted octanol–water partition coefficient (Wildman–Crippen LogP) is -0.114. The maximum atomic E-state index is 12.7. The van der Waals surface area contributed by atoms with E-state index in [9.17, 15) is 4.79 Å². The lowest BCUT2D eigenvalue weighted by molar-refractivity contribution is -0.133. The van der Waals surface area contributed by atoms with Gasteiger partial charge in [-0.25, -0.2) is 9.97 Å². The molecule has 1 aromatic heterocycles. The lowest BCUT2D eigenvalue weighted by Crippen LogP contribution is -2.52. The summed E-state index contributed by atoms with van der Waals surface area (Å²) < 4.78 is 5.08. The summed E-state index contributed by atoms with van der Waals surface area (Å²) in [5.74, 6) is 1.44. The molecule has 2 saturated heterocycles. The van der Waals surface area contributed by atoms with Gasteiger partial charge in [-0.3, -0.25) is 4.79 Å². The summed E-state index contributed by atoms with van der Waals surface area (Å²) in [6.07, 6.45) is 5.16. The number of nitrogens with one attached hydrogen (secondary N) is 1. The van der Waals surface area contributed by atoms with E-state index < -0.39 is 0 Å². The number of hydrogen-bond acceptors (Lipinski definition) is 6. The number of piperazine rings is 1. The van der Waals surface area contributed by atoms with Gasteiger partial charge >= 0.3 is 0 Å². The topological polar surface area (TPSA) is 70.6 Å². The van der Waals surface area contributed by atoms with E-state index in [2.05, 4.69) is 15.3 Å². The van der Waals surface area contributed by atoms with Gasteiger partial charge in [0.25, 0.3) is 0 Å². The van der Waals surface area contributed by atoms with E-state index in [4.69, 9.17) is 4.74 Å². The summed E-state index contributed by atoms with van der Waals surface area (Å²) in [7, 11) is 1.59. The van der Waals surface area contributed by atoms with Gasteiger partial charge in [-0.1, -0.05) is 0 Å². The number of nitrogens with zero attached hydrogens (tertiary/aromatic N) is 4. The first kappa shape index (κ1) is 14.1. The number of anilines is 1. The van der Waals surface area contributed by atoms with Gasteiger partial charge in [-0.2, -0.15) is 0 Å². The Bertz CT molecular complexity index is 487. The molecule has 2 fully saturated rings. The highest BCUT2D eigenvalue weighted by atomic mass is 16.5. The Balaban J connectivity index is 1.73. The smallest absolute Gasteiger partial charge is 0.245 e. The normalized spacial score (nSPS) is 22.4. The minimum absolute atomic E-state index is 0.128. The zero-order valence-corrected chi connectivity index (χ0v) is 12.3. The van der Waals surface area contributed by atoms with Crippen LogP contribution in [0.25, 0.3) is 0 Å². The monoisotopic (exact) mass is 291 g/mol. The summed E-state index contributed by atoms with van der Waals surface area (Å²) in [5.41, 5.74) is 0. The van der Waals surface area contributed by atoms with Crippen molar-refractivity contribution in [3.05, 3.63) is 12.4 Å². The van der Waals surface area contributed by atoms with Gasteiger partial charge in [-0.05, 0) is 12.8 Å². The summed E-state index contributed by atoms with van der Waals surface area (Å²) in [6.45, 7) is 4.14. The average molecular weight is 291 g/mol. The van der Waals surface area contributed by atoms with Crippen LogP contribution in [0.5, 0.6) is 5.75 Å². The van der Waals surface area contributed by atoms with Gasteiger partial charge in [0.1, 0.15) is 6.04 Å². The van der Waals surface area contributed by atoms with Crippen LogP contribution in [0.4, 0.5) is 5.95 Å². The van der Waals surface area contributed by atoms with Crippen molar-refractivity contribution in [1.82, 2.24) is 20.2 Å². The first-order valence-electron chi connectivity index (χ1n) is 7.42. The van der Waals surface area contributed by atoms with Crippen LogP contribution in [0, 0.1) is 0 Å². The summed E-state index contributed by atoms with van der Waals surface area (Å²) in [5, 5.41) is 3.27. The van der Waals surface area contributed by atoms with Crippen molar-refractivity contribution in [2.45, 2.75) is 18.9 Å². The highest BCUT2D eigenvalue weighted by Gasteiger charge is 2.35. The van der Waals surface area contributed by atoms with Gasteiger partial charge < -0.3 is 19.9 Å². The minimum atomic E-state index is -0.128. The molecule has 7 heteroatoms. The van der Waals surface area contributed by atoms with Gasteiger partial charge in [0.05, 0.1) is 19.5 Å². The van der Waals surface area contributed by atoms with E-state index in [0.717, 1.165) is 45.6 Å². The first-order valence-corrected chi connectivity index (χ1v) is 7.42. The first-order chi connectivity index (χ1) is 10.3. The van der Waals surface area contributed by atoms with Crippen molar-refractivity contribution in [3.8, 4) is 5.75 Å². The Morgan fingerprint density at radius 2 is 2.00 bits per heavy atom. The van der Waals surface area contributed by atoms with E-state index in [-0.39, 0.29) is 11.9 Å². The van der Waals surface area contributed by atoms with Crippen molar-refractivity contribution in [2.24, 2.45) is 0 Å². The van der Waals surface area contributed by atoms with Crippen molar-refractivity contribution < 1.29 is 9.53 Å². The molecule has 3 heterocycles. The number of ether oxygens (including phenoxy) is 1. The van der Waals surface area contributed by atoms with E-state index >= 15 is 0 Å². The predicted molar refractivity (Wildman–Crippen MR) is 78.4 cm³/mol. The summed E-state index contributed by atoms with van der Waals surface area (Å²) in [6, 6.07) is -0.128. The summed E-state index contributed by atoms with van der Waals surface area (Å²) >= 11 is 0. The Morgan fingerprint density at radius 3 is 2.67 bits per heavy atom. The van der Waals surface area contributed by atoms with Crippen LogP contribution >= 0.6 is 0 Å². The van der Waals surface area contributed by atoms with E-state index in [1.54, 1.807) is 19.5 Å². The third-order valence-electron chi connectivity index (χ3n) is 4.07. The van der Waals surface area contributed by atoms with Gasteiger partial charge in [0, 0.05) is 32.7 Å². The largest absolute Gasteiger partial charge is 0.494 e. The van der Waals surface area contributed by atoms with E-state index in [1.165, 1.54) is 0 Å². The molecule has 1 aromatic rings.